The lowest BCUT2D eigenvalue weighted by atomic mass is 10.00. The average molecular weight is 659 g/mol. The van der Waals surface area contributed by atoms with Gasteiger partial charge in [-0.3, -0.25) is 9.59 Å². The number of H-pyrrole nitrogens is 1. The standard InChI is InChI=1S/C33H41Cl2N5O5/c1-20(2)15-27(39-33(45)40-13-7-3-4-8-14-40)30(41)37-28(18-22-19-36-26-10-6-5-9-24(22)26)31(42)38-29(32(43)44)17-21-16-23(34)11-12-25(21)35/h5-6,9-12,16,19-20,27-29,36H,3-4,7-8,13-15,17-18H2,1-2H3,(H,37,41)(H,38,42)(H,39,45)(H,43,44)/t27-,28+,29+/m0/s1. The highest BCUT2D eigenvalue weighted by Gasteiger charge is 2.32. The minimum absolute atomic E-state index is 0.0740. The molecule has 0 spiro atoms. The fraction of sp³-hybridized carbons (Fsp3) is 0.455. The first kappa shape index (κ1) is 34.1. The largest absolute Gasteiger partial charge is 0.480 e. The second-order valence-corrected chi connectivity index (χ2v) is 12.8. The maximum absolute atomic E-state index is 13.8. The summed E-state index contributed by atoms with van der Waals surface area (Å²) in [6.07, 6.45) is 6.04. The molecule has 0 saturated carbocycles. The molecule has 1 aliphatic rings. The summed E-state index contributed by atoms with van der Waals surface area (Å²) >= 11 is 12.4. The second-order valence-electron chi connectivity index (χ2n) is 12.0. The maximum Gasteiger partial charge on any atom is 0.326 e. The van der Waals surface area contributed by atoms with Gasteiger partial charge in [-0.2, -0.15) is 0 Å². The second kappa shape index (κ2) is 16.0. The number of hydrogen-bond donors (Lipinski definition) is 5. The summed E-state index contributed by atoms with van der Waals surface area (Å²) in [7, 11) is 0. The molecule has 3 atom stereocenters. The summed E-state index contributed by atoms with van der Waals surface area (Å²) < 4.78 is 0. The van der Waals surface area contributed by atoms with Crippen LogP contribution in [0.15, 0.2) is 48.7 Å². The van der Waals surface area contributed by atoms with Gasteiger partial charge < -0.3 is 30.9 Å². The molecule has 5 N–H and O–H groups in total. The number of urea groups is 1. The van der Waals surface area contributed by atoms with Crippen molar-refractivity contribution in [2.75, 3.05) is 13.1 Å². The number of halogens is 2. The number of hydrogen-bond acceptors (Lipinski definition) is 4. The maximum atomic E-state index is 13.8. The molecule has 2 heterocycles. The first-order chi connectivity index (χ1) is 21.5. The highest BCUT2D eigenvalue weighted by atomic mass is 35.5. The van der Waals surface area contributed by atoms with E-state index in [2.05, 4.69) is 20.9 Å². The summed E-state index contributed by atoms with van der Waals surface area (Å²) in [5, 5.41) is 19.9. The lowest BCUT2D eigenvalue weighted by Gasteiger charge is -2.28. The average Bonchev–Trinajstić information content (AvgIpc) is 3.20. The Morgan fingerprint density at radius 1 is 0.844 bits per heavy atom. The quantitative estimate of drug-likeness (QED) is 0.179. The van der Waals surface area contributed by atoms with Crippen molar-refractivity contribution in [1.82, 2.24) is 25.8 Å². The number of benzene rings is 2. The third kappa shape index (κ3) is 9.61. The van der Waals surface area contributed by atoms with E-state index in [4.69, 9.17) is 23.2 Å². The van der Waals surface area contributed by atoms with Crippen LogP contribution in [0, 0.1) is 5.92 Å². The Hall–Kier alpha value is -3.76. The van der Waals surface area contributed by atoms with Gasteiger partial charge in [0.25, 0.3) is 0 Å². The van der Waals surface area contributed by atoms with Crippen LogP contribution >= 0.6 is 23.2 Å². The van der Waals surface area contributed by atoms with Gasteiger partial charge in [-0.15, -0.1) is 0 Å². The van der Waals surface area contributed by atoms with Crippen molar-refractivity contribution < 1.29 is 24.3 Å². The lowest BCUT2D eigenvalue weighted by Crippen LogP contribution is -2.58. The van der Waals surface area contributed by atoms with E-state index in [9.17, 15) is 24.3 Å². The van der Waals surface area contributed by atoms with E-state index < -0.39 is 35.9 Å². The summed E-state index contributed by atoms with van der Waals surface area (Å²) in [6.45, 7) is 5.15. The van der Waals surface area contributed by atoms with Crippen LogP contribution in [0.3, 0.4) is 0 Å². The molecule has 0 radical (unpaired) electrons. The molecule has 10 nitrogen and oxygen atoms in total. The van der Waals surface area contributed by atoms with E-state index in [1.165, 1.54) is 0 Å². The van der Waals surface area contributed by atoms with Crippen molar-refractivity contribution in [3.05, 3.63) is 69.8 Å². The molecule has 1 aliphatic heterocycles. The van der Waals surface area contributed by atoms with Crippen molar-refractivity contribution in [2.45, 2.75) is 76.9 Å². The fourth-order valence-electron chi connectivity index (χ4n) is 5.61. The van der Waals surface area contributed by atoms with Gasteiger partial charge in [0.15, 0.2) is 0 Å². The van der Waals surface area contributed by atoms with E-state index in [-0.39, 0.29) is 24.8 Å². The number of aliphatic carboxylic acids is 1. The van der Waals surface area contributed by atoms with E-state index in [1.807, 2.05) is 38.1 Å². The zero-order valence-electron chi connectivity index (χ0n) is 25.6. The Labute approximate surface area is 273 Å². The predicted molar refractivity (Wildman–Crippen MR) is 175 cm³/mol. The van der Waals surface area contributed by atoms with Crippen molar-refractivity contribution in [2.24, 2.45) is 5.92 Å². The SMILES string of the molecule is CC(C)C[C@H](NC(=O)N1CCCCCC1)C(=O)N[C@H](Cc1c[nH]c2ccccc12)C(=O)N[C@H](Cc1cc(Cl)ccc1Cl)C(=O)O. The zero-order chi connectivity index (χ0) is 32.5. The van der Waals surface area contributed by atoms with E-state index in [1.54, 1.807) is 29.3 Å². The van der Waals surface area contributed by atoms with Gasteiger partial charge in [0.05, 0.1) is 0 Å². The van der Waals surface area contributed by atoms with Crippen LogP contribution in [0.25, 0.3) is 10.9 Å². The molecule has 1 aromatic heterocycles. The van der Waals surface area contributed by atoms with Crippen LogP contribution in [0.1, 0.15) is 57.1 Å². The number of para-hydroxylation sites is 1. The molecule has 1 saturated heterocycles. The number of aromatic nitrogens is 1. The number of carbonyl (C=O) groups excluding carboxylic acids is 3. The minimum atomic E-state index is -1.34. The highest BCUT2D eigenvalue weighted by molar-refractivity contribution is 6.33. The molecule has 0 aliphatic carbocycles. The first-order valence-electron chi connectivity index (χ1n) is 15.4. The van der Waals surface area contributed by atoms with Gasteiger partial charge in [-0.1, -0.05) is 68.1 Å². The van der Waals surface area contributed by atoms with Crippen LogP contribution in [0.5, 0.6) is 0 Å². The van der Waals surface area contributed by atoms with Crippen LogP contribution in [-0.4, -0.2) is 70.0 Å². The molecule has 0 unspecified atom stereocenters. The van der Waals surface area contributed by atoms with Gasteiger partial charge in [-0.25, -0.2) is 9.59 Å². The molecule has 4 amide bonds. The Morgan fingerprint density at radius 3 is 2.18 bits per heavy atom. The van der Waals surface area contributed by atoms with Gasteiger partial charge >= 0.3 is 12.0 Å². The normalized spacial score (nSPS) is 15.6. The minimum Gasteiger partial charge on any atom is -0.480 e. The van der Waals surface area contributed by atoms with Crippen LogP contribution < -0.4 is 16.0 Å². The number of carboxylic acids is 1. The number of carbonyl (C=O) groups is 4. The molecular weight excluding hydrogens is 617 g/mol. The lowest BCUT2D eigenvalue weighted by molar-refractivity contribution is -0.142. The topological polar surface area (TPSA) is 144 Å². The third-order valence-corrected chi connectivity index (χ3v) is 8.60. The molecule has 3 aromatic rings. The number of carboxylic acid groups (broad SMARTS) is 1. The van der Waals surface area contributed by atoms with Crippen molar-refractivity contribution in [3.63, 3.8) is 0 Å². The molecule has 4 rings (SSSR count). The first-order valence-corrected chi connectivity index (χ1v) is 16.1. The fourth-order valence-corrected chi connectivity index (χ4v) is 6.00. The molecule has 2 aromatic carbocycles. The van der Waals surface area contributed by atoms with Crippen molar-refractivity contribution in [3.8, 4) is 0 Å². The summed E-state index contributed by atoms with van der Waals surface area (Å²) in [6, 6.07) is 8.60. The number of aromatic amines is 1. The molecule has 1 fully saturated rings. The summed E-state index contributed by atoms with van der Waals surface area (Å²) in [4.78, 5) is 57.9. The number of likely N-dealkylation sites (tertiary alicyclic amines) is 1. The van der Waals surface area contributed by atoms with Crippen LogP contribution in [-0.2, 0) is 27.2 Å². The Bertz CT molecular complexity index is 1500. The van der Waals surface area contributed by atoms with E-state index in [0.29, 0.717) is 35.1 Å². The Balaban J connectivity index is 1.57. The monoisotopic (exact) mass is 657 g/mol. The molecule has 45 heavy (non-hydrogen) atoms. The smallest absolute Gasteiger partial charge is 0.326 e. The van der Waals surface area contributed by atoms with Gasteiger partial charge in [0.1, 0.15) is 18.1 Å². The summed E-state index contributed by atoms with van der Waals surface area (Å²) in [5.74, 6) is -2.39. The molecular formula is C33H41Cl2N5O5. The number of rotatable bonds is 12. The highest BCUT2D eigenvalue weighted by Crippen LogP contribution is 2.23. The third-order valence-electron chi connectivity index (χ3n) is 7.99. The van der Waals surface area contributed by atoms with Gasteiger partial charge in [0, 0.05) is 53.1 Å². The number of amides is 4. The van der Waals surface area contributed by atoms with Crippen molar-refractivity contribution in [1.29, 1.82) is 0 Å². The summed E-state index contributed by atoms with van der Waals surface area (Å²) in [5.41, 5.74) is 2.09. The number of fused-ring (bicyclic) bond motifs is 1. The molecule has 242 valence electrons. The van der Waals surface area contributed by atoms with Gasteiger partial charge in [-0.05, 0) is 60.6 Å². The molecule has 12 heteroatoms. The number of nitrogens with one attached hydrogen (secondary N) is 4. The Kier molecular flexibility index (Phi) is 12.1. The zero-order valence-corrected chi connectivity index (χ0v) is 27.1. The predicted octanol–water partition coefficient (Wildman–Crippen LogP) is 5.31. The van der Waals surface area contributed by atoms with Crippen molar-refractivity contribution >= 4 is 57.9 Å². The molecule has 0 bridgehead atoms. The van der Waals surface area contributed by atoms with E-state index in [0.717, 1.165) is 42.1 Å². The van der Waals surface area contributed by atoms with Crippen LogP contribution in [0.2, 0.25) is 10.0 Å². The Morgan fingerprint density at radius 2 is 1.49 bits per heavy atom. The number of nitrogens with zero attached hydrogens (tertiary/aromatic N) is 1. The van der Waals surface area contributed by atoms with E-state index >= 15 is 0 Å². The van der Waals surface area contributed by atoms with Gasteiger partial charge in [0.2, 0.25) is 11.8 Å². The van der Waals surface area contributed by atoms with Crippen LogP contribution in [0.4, 0.5) is 4.79 Å².